The average Bonchev–Trinajstić information content (AvgIpc) is 2.45. The van der Waals surface area contributed by atoms with Crippen molar-refractivity contribution in [1.82, 2.24) is 15.5 Å². The zero-order valence-corrected chi connectivity index (χ0v) is 11.5. The summed E-state index contributed by atoms with van der Waals surface area (Å²) in [5.41, 5.74) is 0.930. The van der Waals surface area contributed by atoms with Crippen molar-refractivity contribution >= 4 is 11.8 Å². The number of benzene rings is 1. The van der Waals surface area contributed by atoms with Gasteiger partial charge in [-0.05, 0) is 6.07 Å². The smallest absolute Gasteiger partial charge is 0.234 e. The van der Waals surface area contributed by atoms with E-state index in [1.54, 1.807) is 7.11 Å². The van der Waals surface area contributed by atoms with Gasteiger partial charge in [-0.2, -0.15) is 0 Å². The lowest BCUT2D eigenvalue weighted by molar-refractivity contribution is -0.127. The van der Waals surface area contributed by atoms with E-state index < -0.39 is 0 Å². The summed E-state index contributed by atoms with van der Waals surface area (Å²) in [6.07, 6.45) is 0. The van der Waals surface area contributed by atoms with Crippen LogP contribution >= 0.6 is 0 Å². The van der Waals surface area contributed by atoms with E-state index in [-0.39, 0.29) is 24.9 Å². The molecule has 1 aliphatic heterocycles. The quantitative estimate of drug-likeness (QED) is 0.778. The van der Waals surface area contributed by atoms with E-state index in [0.717, 1.165) is 11.3 Å². The number of hydrogen-bond acceptors (Lipinski definition) is 4. The van der Waals surface area contributed by atoms with E-state index in [1.807, 2.05) is 29.2 Å². The van der Waals surface area contributed by atoms with Crippen LogP contribution in [0.1, 0.15) is 5.56 Å². The standard InChI is InChI=1S/C14H19N3O3/c1-20-12-5-3-2-4-11(12)8-16-14(19)10-17-7-6-15-13(18)9-17/h2-5H,6-10H2,1H3,(H,15,18)(H,16,19). The molecule has 2 amide bonds. The fourth-order valence-electron chi connectivity index (χ4n) is 2.13. The molecule has 1 saturated heterocycles. The highest BCUT2D eigenvalue weighted by atomic mass is 16.5. The topological polar surface area (TPSA) is 70.7 Å². The van der Waals surface area contributed by atoms with Gasteiger partial charge < -0.3 is 15.4 Å². The minimum atomic E-state index is -0.0920. The van der Waals surface area contributed by atoms with E-state index >= 15 is 0 Å². The number of amides is 2. The number of ether oxygens (including phenoxy) is 1. The Hall–Kier alpha value is -2.08. The first-order valence-corrected chi connectivity index (χ1v) is 6.56. The fourth-order valence-corrected chi connectivity index (χ4v) is 2.13. The molecule has 1 aromatic carbocycles. The van der Waals surface area contributed by atoms with Gasteiger partial charge in [0.25, 0.3) is 0 Å². The largest absolute Gasteiger partial charge is 0.496 e. The summed E-state index contributed by atoms with van der Waals surface area (Å²) >= 11 is 0. The minimum Gasteiger partial charge on any atom is -0.496 e. The van der Waals surface area contributed by atoms with Crippen molar-refractivity contribution in [3.8, 4) is 5.75 Å². The van der Waals surface area contributed by atoms with Crippen molar-refractivity contribution in [2.45, 2.75) is 6.54 Å². The summed E-state index contributed by atoms with van der Waals surface area (Å²) in [6.45, 7) is 2.24. The second-order valence-corrected chi connectivity index (χ2v) is 4.65. The van der Waals surface area contributed by atoms with E-state index in [2.05, 4.69) is 10.6 Å². The fraction of sp³-hybridized carbons (Fsp3) is 0.429. The van der Waals surface area contributed by atoms with Crippen molar-refractivity contribution in [2.24, 2.45) is 0 Å². The van der Waals surface area contributed by atoms with E-state index in [1.165, 1.54) is 0 Å². The number of piperazine rings is 1. The first-order valence-electron chi connectivity index (χ1n) is 6.56. The van der Waals surface area contributed by atoms with Crippen molar-refractivity contribution in [2.75, 3.05) is 33.3 Å². The van der Waals surface area contributed by atoms with E-state index in [0.29, 0.717) is 19.6 Å². The molecule has 1 heterocycles. The van der Waals surface area contributed by atoms with Crippen LogP contribution in [0.2, 0.25) is 0 Å². The van der Waals surface area contributed by atoms with Gasteiger partial charge in [-0.3, -0.25) is 14.5 Å². The van der Waals surface area contributed by atoms with Gasteiger partial charge in [-0.15, -0.1) is 0 Å². The first kappa shape index (κ1) is 14.3. The Labute approximate surface area is 118 Å². The molecule has 6 heteroatoms. The predicted octanol–water partition coefficient (Wildman–Crippen LogP) is -0.257. The van der Waals surface area contributed by atoms with Gasteiger partial charge in [0, 0.05) is 25.2 Å². The molecule has 0 saturated carbocycles. The molecule has 0 aromatic heterocycles. The molecule has 0 unspecified atom stereocenters. The molecule has 20 heavy (non-hydrogen) atoms. The molecular weight excluding hydrogens is 258 g/mol. The average molecular weight is 277 g/mol. The Morgan fingerprint density at radius 2 is 2.25 bits per heavy atom. The van der Waals surface area contributed by atoms with Crippen LogP contribution in [0.25, 0.3) is 0 Å². The third-order valence-electron chi connectivity index (χ3n) is 3.15. The van der Waals surface area contributed by atoms with Crippen molar-refractivity contribution in [1.29, 1.82) is 0 Å². The molecule has 0 radical (unpaired) electrons. The van der Waals surface area contributed by atoms with Crippen molar-refractivity contribution in [3.63, 3.8) is 0 Å². The first-order chi connectivity index (χ1) is 9.69. The van der Waals surface area contributed by atoms with Gasteiger partial charge in [0.05, 0.1) is 20.2 Å². The Bertz CT molecular complexity index is 490. The highest BCUT2D eigenvalue weighted by molar-refractivity contribution is 5.81. The number of hydrogen-bond donors (Lipinski definition) is 2. The highest BCUT2D eigenvalue weighted by Gasteiger charge is 2.18. The van der Waals surface area contributed by atoms with Crippen LogP contribution in [0.5, 0.6) is 5.75 Å². The van der Waals surface area contributed by atoms with Crippen LogP contribution in [-0.4, -0.2) is 50.0 Å². The summed E-state index contributed by atoms with van der Waals surface area (Å²) in [5, 5.41) is 5.57. The van der Waals surface area contributed by atoms with E-state index in [9.17, 15) is 9.59 Å². The van der Waals surface area contributed by atoms with Crippen LogP contribution in [0.3, 0.4) is 0 Å². The molecule has 0 aliphatic carbocycles. The van der Waals surface area contributed by atoms with Crippen LogP contribution in [0.15, 0.2) is 24.3 Å². The number of carbonyl (C=O) groups is 2. The molecule has 2 rings (SSSR count). The number of methoxy groups -OCH3 is 1. The third-order valence-corrected chi connectivity index (χ3v) is 3.15. The SMILES string of the molecule is COc1ccccc1CNC(=O)CN1CCNC(=O)C1. The third kappa shape index (κ3) is 3.96. The second-order valence-electron chi connectivity index (χ2n) is 4.65. The van der Waals surface area contributed by atoms with Crippen LogP contribution in [-0.2, 0) is 16.1 Å². The summed E-state index contributed by atoms with van der Waals surface area (Å²) in [4.78, 5) is 24.9. The van der Waals surface area contributed by atoms with Crippen molar-refractivity contribution in [3.05, 3.63) is 29.8 Å². The van der Waals surface area contributed by atoms with Gasteiger partial charge >= 0.3 is 0 Å². The maximum atomic E-state index is 11.9. The number of rotatable bonds is 5. The zero-order chi connectivity index (χ0) is 14.4. The Morgan fingerprint density at radius 3 is 3.00 bits per heavy atom. The Kier molecular flexibility index (Phi) is 4.95. The molecular formula is C14H19N3O3. The summed E-state index contributed by atoms with van der Waals surface area (Å²) in [6, 6.07) is 7.55. The summed E-state index contributed by atoms with van der Waals surface area (Å²) in [7, 11) is 1.60. The number of nitrogens with zero attached hydrogens (tertiary/aromatic N) is 1. The molecule has 108 valence electrons. The van der Waals surface area contributed by atoms with Crippen LogP contribution in [0, 0.1) is 0 Å². The maximum absolute atomic E-state index is 11.9. The van der Waals surface area contributed by atoms with Gasteiger partial charge in [0.15, 0.2) is 0 Å². The van der Waals surface area contributed by atoms with Crippen LogP contribution < -0.4 is 15.4 Å². The molecule has 6 nitrogen and oxygen atoms in total. The maximum Gasteiger partial charge on any atom is 0.234 e. The lowest BCUT2D eigenvalue weighted by Crippen LogP contribution is -2.50. The number of nitrogens with one attached hydrogen (secondary N) is 2. The summed E-state index contributed by atoms with van der Waals surface area (Å²) in [5.74, 6) is 0.629. The van der Waals surface area contributed by atoms with Gasteiger partial charge in [0.1, 0.15) is 5.75 Å². The van der Waals surface area contributed by atoms with Gasteiger partial charge in [-0.25, -0.2) is 0 Å². The van der Waals surface area contributed by atoms with Crippen LogP contribution in [0.4, 0.5) is 0 Å². The molecule has 1 aromatic rings. The second kappa shape index (κ2) is 6.91. The van der Waals surface area contributed by atoms with Crippen molar-refractivity contribution < 1.29 is 14.3 Å². The molecule has 1 fully saturated rings. The minimum absolute atomic E-state index is 0.0335. The molecule has 0 bridgehead atoms. The van der Waals surface area contributed by atoms with E-state index in [4.69, 9.17) is 4.74 Å². The van der Waals surface area contributed by atoms with Gasteiger partial charge in [-0.1, -0.05) is 18.2 Å². The number of para-hydroxylation sites is 1. The Morgan fingerprint density at radius 1 is 1.45 bits per heavy atom. The number of carbonyl (C=O) groups excluding carboxylic acids is 2. The molecule has 2 N–H and O–H groups in total. The molecule has 1 aliphatic rings. The zero-order valence-electron chi connectivity index (χ0n) is 11.5. The normalized spacial score (nSPS) is 15.6. The van der Waals surface area contributed by atoms with Gasteiger partial charge in [0.2, 0.25) is 11.8 Å². The predicted molar refractivity (Wildman–Crippen MR) is 74.3 cm³/mol. The molecule has 0 spiro atoms. The highest BCUT2D eigenvalue weighted by Crippen LogP contribution is 2.16. The molecule has 0 atom stereocenters. The summed E-state index contributed by atoms with van der Waals surface area (Å²) < 4.78 is 5.23. The Balaban J connectivity index is 1.81. The lowest BCUT2D eigenvalue weighted by atomic mass is 10.2. The monoisotopic (exact) mass is 277 g/mol. The lowest BCUT2D eigenvalue weighted by Gasteiger charge is -2.25.